The summed E-state index contributed by atoms with van der Waals surface area (Å²) in [6.45, 7) is 7.94. The molecule has 0 aliphatic carbocycles. The molecule has 3 amide bonds. The maximum Gasteiger partial charge on any atom is 0.315 e. The number of aromatic nitrogens is 2. The third kappa shape index (κ3) is 4.47. The fourth-order valence-electron chi connectivity index (χ4n) is 2.62. The molecule has 0 saturated carbocycles. The van der Waals surface area contributed by atoms with E-state index in [1.165, 1.54) is 0 Å². The highest BCUT2D eigenvalue weighted by atomic mass is 16.2. The first-order chi connectivity index (χ1) is 10.5. The Labute approximate surface area is 131 Å². The zero-order valence-corrected chi connectivity index (χ0v) is 13.5. The van der Waals surface area contributed by atoms with Gasteiger partial charge in [0.2, 0.25) is 5.91 Å². The first-order valence-electron chi connectivity index (χ1n) is 7.77. The van der Waals surface area contributed by atoms with E-state index >= 15 is 0 Å². The van der Waals surface area contributed by atoms with E-state index in [2.05, 4.69) is 22.7 Å². The Morgan fingerprint density at radius 2 is 2.23 bits per heavy atom. The molecule has 0 bridgehead atoms. The lowest BCUT2D eigenvalue weighted by Gasteiger charge is -2.21. The predicted molar refractivity (Wildman–Crippen MR) is 83.2 cm³/mol. The van der Waals surface area contributed by atoms with E-state index in [1.807, 2.05) is 30.8 Å². The van der Waals surface area contributed by atoms with Crippen molar-refractivity contribution in [2.45, 2.75) is 45.8 Å². The summed E-state index contributed by atoms with van der Waals surface area (Å²) >= 11 is 0. The number of carbonyl (C=O) groups is 2. The van der Waals surface area contributed by atoms with E-state index in [4.69, 9.17) is 0 Å². The molecule has 1 fully saturated rings. The molecule has 22 heavy (non-hydrogen) atoms. The molecule has 1 aliphatic rings. The highest BCUT2D eigenvalue weighted by Crippen LogP contribution is 2.14. The van der Waals surface area contributed by atoms with Crippen molar-refractivity contribution in [2.24, 2.45) is 5.92 Å². The minimum Gasteiger partial charge on any atom is -0.338 e. The predicted octanol–water partition coefficient (Wildman–Crippen LogP) is 0.828. The van der Waals surface area contributed by atoms with Crippen LogP contribution in [0.2, 0.25) is 0 Å². The van der Waals surface area contributed by atoms with E-state index in [-0.39, 0.29) is 29.9 Å². The van der Waals surface area contributed by atoms with E-state index in [0.29, 0.717) is 19.5 Å². The highest BCUT2D eigenvalue weighted by molar-refractivity contribution is 5.81. The van der Waals surface area contributed by atoms with Crippen LogP contribution in [-0.2, 0) is 11.3 Å². The fraction of sp³-hybridized carbons (Fsp3) is 0.667. The summed E-state index contributed by atoms with van der Waals surface area (Å²) in [5, 5.41) is 9.88. The van der Waals surface area contributed by atoms with E-state index < -0.39 is 0 Å². The maximum absolute atomic E-state index is 11.9. The highest BCUT2D eigenvalue weighted by Gasteiger charge is 2.31. The molecule has 1 aromatic heterocycles. The SMILES string of the molecule is CC(C)N1C[C@@H](NC(=O)NC[C@@H](C)Cn2cccn2)CC1=O. The van der Waals surface area contributed by atoms with E-state index in [0.717, 1.165) is 6.54 Å². The van der Waals surface area contributed by atoms with Crippen LogP contribution in [0.25, 0.3) is 0 Å². The second-order valence-electron chi connectivity index (χ2n) is 6.23. The van der Waals surface area contributed by atoms with Crippen LogP contribution in [0, 0.1) is 5.92 Å². The molecular formula is C15H25N5O2. The zero-order chi connectivity index (χ0) is 16.1. The summed E-state index contributed by atoms with van der Waals surface area (Å²) in [6.07, 6.45) is 4.03. The molecule has 2 N–H and O–H groups in total. The molecule has 0 aromatic carbocycles. The van der Waals surface area contributed by atoms with Crippen molar-refractivity contribution >= 4 is 11.9 Å². The Hall–Kier alpha value is -2.05. The quantitative estimate of drug-likeness (QED) is 0.817. The Balaban J connectivity index is 1.69. The smallest absolute Gasteiger partial charge is 0.315 e. The van der Waals surface area contributed by atoms with E-state index in [9.17, 15) is 9.59 Å². The van der Waals surface area contributed by atoms with Crippen molar-refractivity contribution in [1.29, 1.82) is 0 Å². The molecule has 0 radical (unpaired) electrons. The van der Waals surface area contributed by atoms with Crippen LogP contribution in [0.1, 0.15) is 27.2 Å². The number of nitrogens with one attached hydrogen (secondary N) is 2. The molecule has 1 aromatic rings. The van der Waals surface area contributed by atoms with Gasteiger partial charge in [0, 0.05) is 44.5 Å². The molecule has 122 valence electrons. The summed E-state index contributed by atoms with van der Waals surface area (Å²) in [7, 11) is 0. The molecule has 7 nitrogen and oxygen atoms in total. The lowest BCUT2D eigenvalue weighted by molar-refractivity contribution is -0.129. The van der Waals surface area contributed by atoms with Gasteiger partial charge in [-0.05, 0) is 25.8 Å². The molecule has 1 saturated heterocycles. The minimum atomic E-state index is -0.212. The van der Waals surface area contributed by atoms with Gasteiger partial charge < -0.3 is 15.5 Å². The van der Waals surface area contributed by atoms with Gasteiger partial charge in [-0.2, -0.15) is 5.10 Å². The number of hydrogen-bond acceptors (Lipinski definition) is 3. The minimum absolute atomic E-state index is 0.101. The van der Waals surface area contributed by atoms with Crippen molar-refractivity contribution in [3.63, 3.8) is 0 Å². The first-order valence-corrected chi connectivity index (χ1v) is 7.77. The van der Waals surface area contributed by atoms with Gasteiger partial charge in [-0.3, -0.25) is 9.48 Å². The van der Waals surface area contributed by atoms with Crippen LogP contribution in [0.5, 0.6) is 0 Å². The number of amides is 3. The first kappa shape index (κ1) is 16.3. The van der Waals surface area contributed by atoms with Crippen LogP contribution in [0.4, 0.5) is 4.79 Å². The molecule has 7 heteroatoms. The molecule has 2 heterocycles. The summed E-state index contributed by atoms with van der Waals surface area (Å²) in [5.41, 5.74) is 0. The second-order valence-corrected chi connectivity index (χ2v) is 6.23. The second kappa shape index (κ2) is 7.29. The zero-order valence-electron chi connectivity index (χ0n) is 13.5. The Morgan fingerprint density at radius 1 is 1.45 bits per heavy atom. The van der Waals surface area contributed by atoms with Gasteiger partial charge in [0.05, 0.1) is 6.04 Å². The lowest BCUT2D eigenvalue weighted by atomic mass is 10.2. The Morgan fingerprint density at radius 3 is 2.82 bits per heavy atom. The Kier molecular flexibility index (Phi) is 5.41. The number of nitrogens with zero attached hydrogens (tertiary/aromatic N) is 3. The Bertz CT molecular complexity index is 500. The average molecular weight is 307 g/mol. The maximum atomic E-state index is 11.9. The van der Waals surface area contributed by atoms with Crippen molar-refractivity contribution in [2.75, 3.05) is 13.1 Å². The van der Waals surface area contributed by atoms with Gasteiger partial charge >= 0.3 is 6.03 Å². The topological polar surface area (TPSA) is 79.3 Å². The summed E-state index contributed by atoms with van der Waals surface area (Å²) < 4.78 is 1.85. The van der Waals surface area contributed by atoms with Crippen molar-refractivity contribution < 1.29 is 9.59 Å². The van der Waals surface area contributed by atoms with Gasteiger partial charge in [-0.1, -0.05) is 6.92 Å². The van der Waals surface area contributed by atoms with E-state index in [1.54, 1.807) is 11.1 Å². The largest absolute Gasteiger partial charge is 0.338 e. The number of likely N-dealkylation sites (tertiary alicyclic amines) is 1. The van der Waals surface area contributed by atoms with Crippen molar-refractivity contribution in [3.05, 3.63) is 18.5 Å². The van der Waals surface area contributed by atoms with Crippen LogP contribution in [0.3, 0.4) is 0 Å². The summed E-state index contributed by atoms with van der Waals surface area (Å²) in [6, 6.07) is 1.74. The molecular weight excluding hydrogens is 282 g/mol. The van der Waals surface area contributed by atoms with Crippen molar-refractivity contribution in [1.82, 2.24) is 25.3 Å². The molecule has 0 unspecified atom stereocenters. The molecule has 2 rings (SSSR count). The van der Waals surface area contributed by atoms with Gasteiger partial charge in [-0.15, -0.1) is 0 Å². The van der Waals surface area contributed by atoms with Gasteiger partial charge in [0.25, 0.3) is 0 Å². The van der Waals surface area contributed by atoms with Gasteiger partial charge in [-0.25, -0.2) is 4.79 Å². The lowest BCUT2D eigenvalue weighted by Crippen LogP contribution is -2.45. The molecule has 0 spiro atoms. The number of hydrogen-bond donors (Lipinski definition) is 2. The summed E-state index contributed by atoms with van der Waals surface area (Å²) in [5.74, 6) is 0.385. The molecule has 1 aliphatic heterocycles. The summed E-state index contributed by atoms with van der Waals surface area (Å²) in [4.78, 5) is 25.5. The van der Waals surface area contributed by atoms with Crippen LogP contribution < -0.4 is 10.6 Å². The third-order valence-electron chi connectivity index (χ3n) is 3.79. The molecule has 2 atom stereocenters. The van der Waals surface area contributed by atoms with Gasteiger partial charge in [0.15, 0.2) is 0 Å². The van der Waals surface area contributed by atoms with Crippen molar-refractivity contribution in [3.8, 4) is 0 Å². The van der Waals surface area contributed by atoms with Gasteiger partial charge in [0.1, 0.15) is 0 Å². The van der Waals surface area contributed by atoms with Crippen LogP contribution in [0.15, 0.2) is 18.5 Å². The fourth-order valence-corrected chi connectivity index (χ4v) is 2.62. The number of carbonyl (C=O) groups excluding carboxylic acids is 2. The standard InChI is InChI=1S/C15H25N5O2/c1-11(2)20-10-13(7-14(20)21)18-15(22)16-8-12(3)9-19-6-4-5-17-19/h4-6,11-13H,7-10H2,1-3H3,(H2,16,18,22)/t12-,13+/m1/s1. The third-order valence-corrected chi connectivity index (χ3v) is 3.79. The average Bonchev–Trinajstić information content (AvgIpc) is 3.06. The number of rotatable bonds is 6. The normalized spacial score (nSPS) is 19.5. The van der Waals surface area contributed by atoms with Crippen LogP contribution >= 0.6 is 0 Å². The monoisotopic (exact) mass is 307 g/mol. The van der Waals surface area contributed by atoms with Crippen LogP contribution in [-0.4, -0.2) is 51.8 Å². The number of urea groups is 1.